The van der Waals surface area contributed by atoms with Gasteiger partial charge in [-0.3, -0.25) is 0 Å². The topological polar surface area (TPSA) is 75.9 Å². The average Bonchev–Trinajstić information content (AvgIpc) is 2.53. The lowest BCUT2D eigenvalue weighted by Gasteiger charge is -2.14. The number of anilines is 5. The molecular weight excluding hydrogens is 286 g/mol. The van der Waals surface area contributed by atoms with E-state index in [1.807, 2.05) is 62.4 Å². The SMILES string of the molecule is Cc1cccc(Nc2ncnc(Nc3ccccc3C)c2N)c1. The Hall–Kier alpha value is -3.08. The second-order valence-corrected chi connectivity index (χ2v) is 5.42. The molecule has 5 nitrogen and oxygen atoms in total. The number of nitrogen functional groups attached to an aromatic ring is 1. The normalized spacial score (nSPS) is 10.3. The molecule has 0 radical (unpaired) electrons. The van der Waals surface area contributed by atoms with E-state index in [1.54, 1.807) is 0 Å². The molecule has 23 heavy (non-hydrogen) atoms. The van der Waals surface area contributed by atoms with Crippen molar-refractivity contribution in [3.8, 4) is 0 Å². The first kappa shape index (κ1) is 14.8. The lowest BCUT2D eigenvalue weighted by molar-refractivity contribution is 1.17. The van der Waals surface area contributed by atoms with Gasteiger partial charge in [0.2, 0.25) is 0 Å². The van der Waals surface area contributed by atoms with E-state index in [0.717, 1.165) is 16.9 Å². The summed E-state index contributed by atoms with van der Waals surface area (Å²) in [5, 5.41) is 6.50. The van der Waals surface area contributed by atoms with Crippen LogP contribution in [0.2, 0.25) is 0 Å². The van der Waals surface area contributed by atoms with E-state index >= 15 is 0 Å². The molecule has 4 N–H and O–H groups in total. The molecule has 0 aliphatic heterocycles. The summed E-state index contributed by atoms with van der Waals surface area (Å²) in [7, 11) is 0. The zero-order valence-electron chi connectivity index (χ0n) is 13.2. The molecule has 116 valence electrons. The number of nitrogens with zero attached hydrogens (tertiary/aromatic N) is 2. The molecule has 0 fully saturated rings. The molecule has 3 rings (SSSR count). The molecule has 1 aromatic heterocycles. The van der Waals surface area contributed by atoms with E-state index in [-0.39, 0.29) is 0 Å². The number of hydrogen-bond acceptors (Lipinski definition) is 5. The van der Waals surface area contributed by atoms with Gasteiger partial charge in [-0.15, -0.1) is 0 Å². The van der Waals surface area contributed by atoms with Crippen molar-refractivity contribution in [1.82, 2.24) is 9.97 Å². The van der Waals surface area contributed by atoms with Crippen molar-refractivity contribution in [2.45, 2.75) is 13.8 Å². The molecule has 0 amide bonds. The van der Waals surface area contributed by atoms with Crippen molar-refractivity contribution in [2.75, 3.05) is 16.4 Å². The van der Waals surface area contributed by atoms with Crippen LogP contribution >= 0.6 is 0 Å². The largest absolute Gasteiger partial charge is 0.393 e. The van der Waals surface area contributed by atoms with Crippen LogP contribution in [0.1, 0.15) is 11.1 Å². The first-order valence-electron chi connectivity index (χ1n) is 7.40. The molecule has 0 bridgehead atoms. The van der Waals surface area contributed by atoms with Crippen LogP contribution in [0.5, 0.6) is 0 Å². The summed E-state index contributed by atoms with van der Waals surface area (Å²) in [6.07, 6.45) is 1.50. The van der Waals surface area contributed by atoms with E-state index in [1.165, 1.54) is 11.9 Å². The van der Waals surface area contributed by atoms with Gasteiger partial charge in [0.1, 0.15) is 12.0 Å². The van der Waals surface area contributed by atoms with E-state index in [4.69, 9.17) is 5.73 Å². The lowest BCUT2D eigenvalue weighted by Crippen LogP contribution is -2.05. The van der Waals surface area contributed by atoms with Crippen molar-refractivity contribution in [1.29, 1.82) is 0 Å². The maximum Gasteiger partial charge on any atom is 0.159 e. The fourth-order valence-corrected chi connectivity index (χ4v) is 2.30. The van der Waals surface area contributed by atoms with Gasteiger partial charge in [-0.25, -0.2) is 9.97 Å². The van der Waals surface area contributed by atoms with Gasteiger partial charge in [-0.05, 0) is 43.2 Å². The van der Waals surface area contributed by atoms with Crippen molar-refractivity contribution in [3.05, 3.63) is 66.0 Å². The van der Waals surface area contributed by atoms with Crippen LogP contribution < -0.4 is 16.4 Å². The zero-order valence-corrected chi connectivity index (χ0v) is 13.2. The van der Waals surface area contributed by atoms with Crippen LogP contribution in [0.15, 0.2) is 54.9 Å². The predicted molar refractivity (Wildman–Crippen MR) is 95.4 cm³/mol. The van der Waals surface area contributed by atoms with Crippen LogP contribution in [0.4, 0.5) is 28.7 Å². The molecule has 0 aliphatic rings. The van der Waals surface area contributed by atoms with Crippen LogP contribution in [0.25, 0.3) is 0 Å². The molecule has 0 aliphatic carbocycles. The summed E-state index contributed by atoms with van der Waals surface area (Å²) in [5.74, 6) is 1.17. The Kier molecular flexibility index (Phi) is 4.10. The van der Waals surface area contributed by atoms with Gasteiger partial charge in [-0.1, -0.05) is 30.3 Å². The first-order valence-corrected chi connectivity index (χ1v) is 7.40. The third-order valence-electron chi connectivity index (χ3n) is 3.56. The summed E-state index contributed by atoms with van der Waals surface area (Å²) in [6.45, 7) is 4.07. The van der Waals surface area contributed by atoms with E-state index in [0.29, 0.717) is 17.3 Å². The van der Waals surface area contributed by atoms with Crippen molar-refractivity contribution < 1.29 is 0 Å². The Balaban J connectivity index is 1.88. The minimum atomic E-state index is 0.484. The van der Waals surface area contributed by atoms with Gasteiger partial charge in [-0.2, -0.15) is 0 Å². The summed E-state index contributed by atoms with van der Waals surface area (Å²) >= 11 is 0. The molecule has 1 heterocycles. The number of nitrogens with two attached hydrogens (primary N) is 1. The fourth-order valence-electron chi connectivity index (χ4n) is 2.30. The lowest BCUT2D eigenvalue weighted by atomic mass is 10.2. The number of para-hydroxylation sites is 1. The molecule has 0 spiro atoms. The van der Waals surface area contributed by atoms with Crippen LogP contribution in [0.3, 0.4) is 0 Å². The molecule has 0 saturated heterocycles. The molecule has 0 atom stereocenters. The molecule has 0 unspecified atom stereocenters. The Bertz CT molecular complexity index is 829. The fraction of sp³-hybridized carbons (Fsp3) is 0.111. The maximum atomic E-state index is 6.22. The Morgan fingerprint density at radius 2 is 1.61 bits per heavy atom. The third kappa shape index (κ3) is 3.40. The van der Waals surface area contributed by atoms with Crippen LogP contribution in [0, 0.1) is 13.8 Å². The minimum Gasteiger partial charge on any atom is -0.393 e. The summed E-state index contributed by atoms with van der Waals surface area (Å²) in [5.41, 5.74) is 10.9. The Morgan fingerprint density at radius 1 is 0.870 bits per heavy atom. The number of nitrogens with one attached hydrogen (secondary N) is 2. The monoisotopic (exact) mass is 305 g/mol. The Morgan fingerprint density at radius 3 is 2.35 bits per heavy atom. The number of hydrogen-bond donors (Lipinski definition) is 3. The van der Waals surface area contributed by atoms with Crippen molar-refractivity contribution in [3.63, 3.8) is 0 Å². The highest BCUT2D eigenvalue weighted by molar-refractivity contribution is 5.80. The number of rotatable bonds is 4. The molecular formula is C18H19N5. The highest BCUT2D eigenvalue weighted by Gasteiger charge is 2.09. The highest BCUT2D eigenvalue weighted by Crippen LogP contribution is 2.29. The van der Waals surface area contributed by atoms with E-state index in [9.17, 15) is 0 Å². The van der Waals surface area contributed by atoms with Gasteiger partial charge >= 0.3 is 0 Å². The quantitative estimate of drug-likeness (QED) is 0.674. The molecule has 2 aromatic carbocycles. The summed E-state index contributed by atoms with van der Waals surface area (Å²) in [6, 6.07) is 16.0. The van der Waals surface area contributed by atoms with Gasteiger partial charge in [0, 0.05) is 11.4 Å². The summed E-state index contributed by atoms with van der Waals surface area (Å²) in [4.78, 5) is 8.49. The molecule has 0 saturated carbocycles. The average molecular weight is 305 g/mol. The second-order valence-electron chi connectivity index (χ2n) is 5.42. The van der Waals surface area contributed by atoms with Gasteiger partial charge in [0.05, 0.1) is 0 Å². The van der Waals surface area contributed by atoms with Crippen LogP contribution in [-0.4, -0.2) is 9.97 Å². The first-order chi connectivity index (χ1) is 11.1. The Labute approximate surface area is 135 Å². The molecule has 3 aromatic rings. The van der Waals surface area contributed by atoms with E-state index < -0.39 is 0 Å². The smallest absolute Gasteiger partial charge is 0.159 e. The highest BCUT2D eigenvalue weighted by atomic mass is 15.1. The van der Waals surface area contributed by atoms with Gasteiger partial charge in [0.25, 0.3) is 0 Å². The van der Waals surface area contributed by atoms with E-state index in [2.05, 4.69) is 20.6 Å². The maximum absolute atomic E-state index is 6.22. The third-order valence-corrected chi connectivity index (χ3v) is 3.56. The van der Waals surface area contributed by atoms with Crippen LogP contribution in [-0.2, 0) is 0 Å². The molecule has 5 heteroatoms. The van der Waals surface area contributed by atoms with Gasteiger partial charge < -0.3 is 16.4 Å². The number of aromatic nitrogens is 2. The standard InChI is InChI=1S/C18H19N5/c1-12-6-5-8-14(10-12)22-17-16(19)18(21-11-20-17)23-15-9-4-3-7-13(15)2/h3-11H,19H2,1-2H3,(H2,20,21,22,23). The van der Waals surface area contributed by atoms with Gasteiger partial charge in [0.15, 0.2) is 11.6 Å². The summed E-state index contributed by atoms with van der Waals surface area (Å²) < 4.78 is 0. The second kappa shape index (κ2) is 6.36. The predicted octanol–water partition coefficient (Wildman–Crippen LogP) is 4.16. The minimum absolute atomic E-state index is 0.484. The van der Waals surface area contributed by atoms with Crippen molar-refractivity contribution >= 4 is 28.7 Å². The number of aryl methyl sites for hydroxylation is 2. The van der Waals surface area contributed by atoms with Crippen molar-refractivity contribution in [2.24, 2.45) is 0 Å². The number of benzene rings is 2. The zero-order chi connectivity index (χ0) is 16.2.